The van der Waals surface area contributed by atoms with E-state index in [1.165, 1.54) is 11.1 Å². The molecular weight excluding hydrogens is 304 g/mol. The summed E-state index contributed by atoms with van der Waals surface area (Å²) in [6.07, 6.45) is 1.19. The van der Waals surface area contributed by atoms with Crippen LogP contribution in [-0.2, 0) is 20.7 Å². The molecule has 2 rings (SSSR count). The van der Waals surface area contributed by atoms with Crippen LogP contribution in [0.15, 0.2) is 29.3 Å². The van der Waals surface area contributed by atoms with Crippen molar-refractivity contribution >= 4 is 11.6 Å². The normalized spacial score (nSPS) is 18.4. The second-order valence-electron chi connectivity index (χ2n) is 6.45. The van der Waals surface area contributed by atoms with Crippen molar-refractivity contribution < 1.29 is 19.4 Å². The van der Waals surface area contributed by atoms with Gasteiger partial charge in [0.2, 0.25) is 0 Å². The molecule has 1 aliphatic rings. The molecular formula is C20H26O4. The Morgan fingerprint density at radius 2 is 1.83 bits per heavy atom. The van der Waals surface area contributed by atoms with E-state index in [1.54, 1.807) is 0 Å². The summed E-state index contributed by atoms with van der Waals surface area (Å²) in [5.41, 5.74) is 5.12. The number of ether oxygens (including phenoxy) is 1. The van der Waals surface area contributed by atoms with E-state index in [2.05, 4.69) is 18.2 Å². The first kappa shape index (κ1) is 18.6. The first-order valence-corrected chi connectivity index (χ1v) is 8.49. The van der Waals surface area contributed by atoms with Gasteiger partial charge in [-0.15, -0.1) is 0 Å². The zero-order valence-electron chi connectivity index (χ0n) is 14.7. The van der Waals surface area contributed by atoms with E-state index in [4.69, 9.17) is 9.84 Å². The number of carbonyl (C=O) groups excluding carboxylic acids is 2. The predicted molar refractivity (Wildman–Crippen MR) is 93.0 cm³/mol. The van der Waals surface area contributed by atoms with Crippen molar-refractivity contribution in [1.82, 2.24) is 0 Å². The maximum atomic E-state index is 12.4. The minimum atomic E-state index is -0.384. The van der Waals surface area contributed by atoms with Crippen LogP contribution in [0.25, 0.3) is 0 Å². The number of benzene rings is 1. The summed E-state index contributed by atoms with van der Waals surface area (Å²) in [6, 6.07) is 6.31. The Kier molecular flexibility index (Phi) is 6.46. The average Bonchev–Trinajstić information content (AvgIpc) is 2.49. The Morgan fingerprint density at radius 3 is 2.42 bits per heavy atom. The highest BCUT2D eigenvalue weighted by Crippen LogP contribution is 2.31. The molecule has 0 bridgehead atoms. The van der Waals surface area contributed by atoms with Crippen LogP contribution in [-0.4, -0.2) is 36.5 Å². The second-order valence-corrected chi connectivity index (χ2v) is 6.45. The van der Waals surface area contributed by atoms with Gasteiger partial charge < -0.3 is 9.84 Å². The van der Waals surface area contributed by atoms with E-state index in [-0.39, 0.29) is 43.7 Å². The lowest BCUT2D eigenvalue weighted by Gasteiger charge is -2.27. The fourth-order valence-electron chi connectivity index (χ4n) is 3.48. The summed E-state index contributed by atoms with van der Waals surface area (Å²) in [7, 11) is 0. The molecule has 1 unspecified atom stereocenters. The van der Waals surface area contributed by atoms with Crippen LogP contribution in [0.3, 0.4) is 0 Å². The minimum absolute atomic E-state index is 0.0350. The van der Waals surface area contributed by atoms with Crippen LogP contribution in [0.1, 0.15) is 36.5 Å². The van der Waals surface area contributed by atoms with Crippen molar-refractivity contribution in [2.24, 2.45) is 5.92 Å². The standard InChI is InChI=1S/C20H26O4/c1-4-16-17(10-15-8-13(2)7-14(3)9-15)18(12-24-6-5-21)20(23)11-19(16)22/h7-9,18,21H,4-6,10-12H2,1-3H3. The van der Waals surface area contributed by atoms with Crippen LogP contribution in [0.5, 0.6) is 0 Å². The number of aliphatic hydroxyl groups excluding tert-OH is 1. The van der Waals surface area contributed by atoms with Gasteiger partial charge in [-0.25, -0.2) is 0 Å². The van der Waals surface area contributed by atoms with E-state index in [0.717, 1.165) is 16.7 Å². The molecule has 0 aliphatic heterocycles. The molecule has 1 N–H and O–H groups in total. The molecule has 0 saturated carbocycles. The second kappa shape index (κ2) is 8.36. The largest absolute Gasteiger partial charge is 0.394 e. The number of ketones is 2. The van der Waals surface area contributed by atoms with Crippen molar-refractivity contribution in [2.75, 3.05) is 19.8 Å². The molecule has 1 atom stereocenters. The quantitative estimate of drug-likeness (QED) is 0.617. The van der Waals surface area contributed by atoms with Crippen molar-refractivity contribution in [3.8, 4) is 0 Å². The fraction of sp³-hybridized carbons (Fsp3) is 0.500. The van der Waals surface area contributed by atoms with Gasteiger partial charge in [-0.05, 0) is 43.4 Å². The molecule has 130 valence electrons. The summed E-state index contributed by atoms with van der Waals surface area (Å²) in [6.45, 7) is 6.41. The van der Waals surface area contributed by atoms with Gasteiger partial charge in [0, 0.05) is 0 Å². The zero-order valence-corrected chi connectivity index (χ0v) is 14.7. The summed E-state index contributed by atoms with van der Waals surface area (Å²) < 4.78 is 5.42. The first-order valence-electron chi connectivity index (χ1n) is 8.49. The lowest BCUT2D eigenvalue weighted by atomic mass is 9.77. The molecule has 0 fully saturated rings. The lowest BCUT2D eigenvalue weighted by Crippen LogP contribution is -2.33. The van der Waals surface area contributed by atoms with Crippen LogP contribution < -0.4 is 0 Å². The van der Waals surface area contributed by atoms with E-state index in [1.807, 2.05) is 20.8 Å². The maximum absolute atomic E-state index is 12.4. The minimum Gasteiger partial charge on any atom is -0.394 e. The molecule has 1 aromatic rings. The Balaban J connectivity index is 2.36. The Morgan fingerprint density at radius 1 is 1.17 bits per heavy atom. The zero-order chi connectivity index (χ0) is 17.7. The molecule has 0 radical (unpaired) electrons. The third-order valence-electron chi connectivity index (χ3n) is 4.42. The lowest BCUT2D eigenvalue weighted by molar-refractivity contribution is -0.129. The smallest absolute Gasteiger partial charge is 0.166 e. The number of Topliss-reactive ketones (excluding diaryl/α,β-unsaturated/α-hetero) is 2. The summed E-state index contributed by atoms with van der Waals surface area (Å²) in [5.74, 6) is -0.514. The predicted octanol–water partition coefficient (Wildman–Crippen LogP) is 2.72. The molecule has 1 aromatic carbocycles. The van der Waals surface area contributed by atoms with E-state index < -0.39 is 0 Å². The molecule has 0 saturated heterocycles. The van der Waals surface area contributed by atoms with E-state index >= 15 is 0 Å². The molecule has 1 aliphatic carbocycles. The number of allylic oxidation sites excluding steroid dienone is 1. The Hall–Kier alpha value is -1.78. The number of hydrogen-bond acceptors (Lipinski definition) is 4. The van der Waals surface area contributed by atoms with Crippen molar-refractivity contribution in [1.29, 1.82) is 0 Å². The van der Waals surface area contributed by atoms with E-state index in [0.29, 0.717) is 12.8 Å². The molecule has 4 nitrogen and oxygen atoms in total. The van der Waals surface area contributed by atoms with Crippen LogP contribution in [0.4, 0.5) is 0 Å². The van der Waals surface area contributed by atoms with Gasteiger partial charge in [0.25, 0.3) is 0 Å². The van der Waals surface area contributed by atoms with Crippen molar-refractivity contribution in [3.63, 3.8) is 0 Å². The van der Waals surface area contributed by atoms with Gasteiger partial charge in [-0.1, -0.05) is 36.2 Å². The first-order chi connectivity index (χ1) is 11.5. The van der Waals surface area contributed by atoms with Gasteiger partial charge in [0.15, 0.2) is 5.78 Å². The number of aryl methyl sites for hydroxylation is 2. The number of rotatable bonds is 7. The Labute approximate surface area is 143 Å². The van der Waals surface area contributed by atoms with Gasteiger partial charge in [-0.3, -0.25) is 9.59 Å². The number of carbonyl (C=O) groups is 2. The van der Waals surface area contributed by atoms with Crippen LogP contribution in [0.2, 0.25) is 0 Å². The number of aliphatic hydroxyl groups is 1. The Bertz CT molecular complexity index is 637. The summed E-state index contributed by atoms with van der Waals surface area (Å²) in [4.78, 5) is 24.7. The van der Waals surface area contributed by atoms with E-state index in [9.17, 15) is 9.59 Å². The maximum Gasteiger partial charge on any atom is 0.166 e. The van der Waals surface area contributed by atoms with Crippen molar-refractivity contribution in [2.45, 2.75) is 40.0 Å². The summed E-state index contributed by atoms with van der Waals surface area (Å²) in [5, 5.41) is 8.89. The fourth-order valence-corrected chi connectivity index (χ4v) is 3.48. The highest BCUT2D eigenvalue weighted by molar-refractivity contribution is 6.12. The SMILES string of the molecule is CCC1=C(Cc2cc(C)cc(C)c2)C(COCCO)C(=O)CC1=O. The van der Waals surface area contributed by atoms with Gasteiger partial charge in [-0.2, -0.15) is 0 Å². The van der Waals surface area contributed by atoms with Gasteiger partial charge in [0.1, 0.15) is 5.78 Å². The van der Waals surface area contributed by atoms with Crippen LogP contribution in [0, 0.1) is 19.8 Å². The molecule has 0 spiro atoms. The van der Waals surface area contributed by atoms with Crippen molar-refractivity contribution in [3.05, 3.63) is 46.0 Å². The third kappa shape index (κ3) is 4.40. The molecule has 4 heteroatoms. The topological polar surface area (TPSA) is 63.6 Å². The van der Waals surface area contributed by atoms with Gasteiger partial charge >= 0.3 is 0 Å². The van der Waals surface area contributed by atoms with Gasteiger partial charge in [0.05, 0.1) is 32.2 Å². The monoisotopic (exact) mass is 330 g/mol. The van der Waals surface area contributed by atoms with Crippen LogP contribution >= 0.6 is 0 Å². The molecule has 0 heterocycles. The molecule has 0 aromatic heterocycles. The summed E-state index contributed by atoms with van der Waals surface area (Å²) >= 11 is 0. The highest BCUT2D eigenvalue weighted by atomic mass is 16.5. The highest BCUT2D eigenvalue weighted by Gasteiger charge is 2.34. The third-order valence-corrected chi connectivity index (χ3v) is 4.42. The molecule has 24 heavy (non-hydrogen) atoms. The number of hydrogen-bond donors (Lipinski definition) is 1. The average molecular weight is 330 g/mol. The molecule has 0 amide bonds.